The zero-order chi connectivity index (χ0) is 11.9. The van der Waals surface area contributed by atoms with Crippen molar-refractivity contribution in [2.45, 2.75) is 47.0 Å². The van der Waals surface area contributed by atoms with E-state index in [9.17, 15) is 4.79 Å². The molecule has 0 amide bonds. The van der Waals surface area contributed by atoms with Crippen molar-refractivity contribution < 1.29 is 4.79 Å². The zero-order valence-corrected chi connectivity index (χ0v) is 11.0. The van der Waals surface area contributed by atoms with Gasteiger partial charge in [-0.05, 0) is 38.8 Å². The topological polar surface area (TPSA) is 20.3 Å². The number of nitrogens with zero attached hydrogens (tertiary/aromatic N) is 1. The lowest BCUT2D eigenvalue weighted by Gasteiger charge is -2.30. The quantitative estimate of drug-likeness (QED) is 0.578. The molecule has 0 spiro atoms. The third-order valence-electron chi connectivity index (χ3n) is 3.33. The van der Waals surface area contributed by atoms with Gasteiger partial charge in [0.25, 0.3) is 0 Å². The Hall–Kier alpha value is -0.370. The summed E-state index contributed by atoms with van der Waals surface area (Å²) in [6.45, 7) is 10.7. The van der Waals surface area contributed by atoms with E-state index in [-0.39, 0.29) is 5.41 Å². The van der Waals surface area contributed by atoms with Gasteiger partial charge in [-0.3, -0.25) is 0 Å². The van der Waals surface area contributed by atoms with Crippen LogP contribution >= 0.6 is 0 Å². The monoisotopic (exact) mass is 213 g/mol. The van der Waals surface area contributed by atoms with Crippen LogP contribution in [0.2, 0.25) is 0 Å². The molecule has 0 rings (SSSR count). The van der Waals surface area contributed by atoms with Crippen LogP contribution < -0.4 is 0 Å². The van der Waals surface area contributed by atoms with Crippen molar-refractivity contribution in [2.24, 2.45) is 11.3 Å². The molecule has 0 aliphatic rings. The van der Waals surface area contributed by atoms with E-state index in [2.05, 4.69) is 39.6 Å². The Bertz CT molecular complexity index is 173. The van der Waals surface area contributed by atoms with Gasteiger partial charge in [0, 0.05) is 12.0 Å². The van der Waals surface area contributed by atoms with Gasteiger partial charge >= 0.3 is 0 Å². The summed E-state index contributed by atoms with van der Waals surface area (Å²) >= 11 is 0. The highest BCUT2D eigenvalue weighted by molar-refractivity contribution is 5.59. The standard InChI is InChI=1S/C13H27NO/c1-6-13(7-2,11-15)10-14(5)9-8-12(3)4/h11-12H,6-10H2,1-5H3. The van der Waals surface area contributed by atoms with Gasteiger partial charge in [-0.1, -0.05) is 27.7 Å². The van der Waals surface area contributed by atoms with Crippen molar-refractivity contribution in [2.75, 3.05) is 20.1 Å². The Morgan fingerprint density at radius 1 is 1.27 bits per heavy atom. The maximum absolute atomic E-state index is 11.1. The van der Waals surface area contributed by atoms with Gasteiger partial charge in [0.1, 0.15) is 6.29 Å². The van der Waals surface area contributed by atoms with Crippen LogP contribution in [0.3, 0.4) is 0 Å². The Labute approximate surface area is 95.0 Å². The van der Waals surface area contributed by atoms with Crippen molar-refractivity contribution in [1.82, 2.24) is 4.90 Å². The summed E-state index contributed by atoms with van der Waals surface area (Å²) in [5, 5.41) is 0. The third-order valence-corrected chi connectivity index (χ3v) is 3.33. The van der Waals surface area contributed by atoms with Crippen LogP contribution in [0.25, 0.3) is 0 Å². The van der Waals surface area contributed by atoms with E-state index in [4.69, 9.17) is 0 Å². The first-order valence-corrected chi connectivity index (χ1v) is 6.14. The van der Waals surface area contributed by atoms with E-state index >= 15 is 0 Å². The van der Waals surface area contributed by atoms with E-state index < -0.39 is 0 Å². The number of carbonyl (C=O) groups excluding carboxylic acids is 1. The molecule has 0 atom stereocenters. The lowest BCUT2D eigenvalue weighted by Crippen LogP contribution is -2.36. The van der Waals surface area contributed by atoms with Crippen molar-refractivity contribution in [1.29, 1.82) is 0 Å². The maximum Gasteiger partial charge on any atom is 0.127 e. The van der Waals surface area contributed by atoms with E-state index in [1.807, 2.05) is 0 Å². The molecule has 0 N–H and O–H groups in total. The Morgan fingerprint density at radius 2 is 1.80 bits per heavy atom. The Balaban J connectivity index is 4.11. The molecule has 2 heteroatoms. The van der Waals surface area contributed by atoms with Gasteiger partial charge in [0.2, 0.25) is 0 Å². The van der Waals surface area contributed by atoms with Crippen LogP contribution in [0.5, 0.6) is 0 Å². The molecule has 0 aliphatic heterocycles. The molecule has 0 fully saturated rings. The molecule has 0 saturated heterocycles. The summed E-state index contributed by atoms with van der Waals surface area (Å²) < 4.78 is 0. The summed E-state index contributed by atoms with van der Waals surface area (Å²) in [7, 11) is 2.12. The fraction of sp³-hybridized carbons (Fsp3) is 0.923. The predicted molar refractivity (Wildman–Crippen MR) is 66.0 cm³/mol. The summed E-state index contributed by atoms with van der Waals surface area (Å²) in [5.74, 6) is 0.737. The molecule has 2 nitrogen and oxygen atoms in total. The lowest BCUT2D eigenvalue weighted by molar-refractivity contribution is -0.117. The molecule has 15 heavy (non-hydrogen) atoms. The molecule has 0 saturated carbocycles. The summed E-state index contributed by atoms with van der Waals surface area (Å²) in [6, 6.07) is 0. The summed E-state index contributed by atoms with van der Waals surface area (Å²) in [6.07, 6.45) is 4.25. The van der Waals surface area contributed by atoms with Crippen molar-refractivity contribution in [3.8, 4) is 0 Å². The van der Waals surface area contributed by atoms with Gasteiger partial charge in [0.05, 0.1) is 0 Å². The minimum Gasteiger partial charge on any atom is -0.305 e. The minimum atomic E-state index is -0.119. The first-order chi connectivity index (χ1) is 6.99. The van der Waals surface area contributed by atoms with Gasteiger partial charge in [-0.15, -0.1) is 0 Å². The largest absolute Gasteiger partial charge is 0.305 e. The van der Waals surface area contributed by atoms with Crippen molar-refractivity contribution in [3.63, 3.8) is 0 Å². The molecule has 0 unspecified atom stereocenters. The highest BCUT2D eigenvalue weighted by Crippen LogP contribution is 2.24. The SMILES string of the molecule is CCC(C=O)(CC)CN(C)CCC(C)C. The number of hydrogen-bond donors (Lipinski definition) is 0. The Kier molecular flexibility index (Phi) is 6.82. The smallest absolute Gasteiger partial charge is 0.127 e. The lowest BCUT2D eigenvalue weighted by atomic mass is 9.83. The molecular formula is C13H27NO. The first kappa shape index (κ1) is 14.6. The third kappa shape index (κ3) is 5.31. The second kappa shape index (κ2) is 7.00. The highest BCUT2D eigenvalue weighted by Gasteiger charge is 2.26. The molecule has 0 aromatic rings. The van der Waals surface area contributed by atoms with Crippen LogP contribution in [-0.2, 0) is 4.79 Å². The summed E-state index contributed by atoms with van der Waals surface area (Å²) in [4.78, 5) is 13.4. The van der Waals surface area contributed by atoms with E-state index in [0.717, 1.165) is 38.1 Å². The second-order valence-electron chi connectivity index (χ2n) is 5.11. The molecule has 90 valence electrons. The van der Waals surface area contributed by atoms with Gasteiger partial charge in [-0.2, -0.15) is 0 Å². The van der Waals surface area contributed by atoms with Gasteiger partial charge < -0.3 is 9.69 Å². The normalized spacial score (nSPS) is 12.5. The molecule has 0 radical (unpaired) electrons. The van der Waals surface area contributed by atoms with Crippen LogP contribution in [-0.4, -0.2) is 31.3 Å². The van der Waals surface area contributed by atoms with Crippen molar-refractivity contribution >= 4 is 6.29 Å². The molecule has 0 aromatic carbocycles. The molecule has 0 aromatic heterocycles. The zero-order valence-electron chi connectivity index (χ0n) is 11.0. The molecule has 0 aliphatic carbocycles. The number of carbonyl (C=O) groups is 1. The fourth-order valence-corrected chi connectivity index (χ4v) is 1.77. The van der Waals surface area contributed by atoms with E-state index in [1.165, 1.54) is 6.42 Å². The molecular weight excluding hydrogens is 186 g/mol. The second-order valence-corrected chi connectivity index (χ2v) is 5.11. The van der Waals surface area contributed by atoms with Gasteiger partial charge in [-0.25, -0.2) is 0 Å². The maximum atomic E-state index is 11.1. The predicted octanol–water partition coefficient (Wildman–Crippen LogP) is 2.97. The minimum absolute atomic E-state index is 0.119. The average Bonchev–Trinajstić information content (AvgIpc) is 2.23. The van der Waals surface area contributed by atoms with Crippen molar-refractivity contribution in [3.05, 3.63) is 0 Å². The fourth-order valence-electron chi connectivity index (χ4n) is 1.77. The summed E-state index contributed by atoms with van der Waals surface area (Å²) in [5.41, 5.74) is -0.119. The number of rotatable bonds is 8. The van der Waals surface area contributed by atoms with Gasteiger partial charge in [0.15, 0.2) is 0 Å². The van der Waals surface area contributed by atoms with E-state index in [1.54, 1.807) is 0 Å². The van der Waals surface area contributed by atoms with E-state index in [0.29, 0.717) is 0 Å². The first-order valence-electron chi connectivity index (χ1n) is 6.14. The van der Waals surface area contributed by atoms with Crippen LogP contribution in [0.15, 0.2) is 0 Å². The Morgan fingerprint density at radius 3 is 2.13 bits per heavy atom. The highest BCUT2D eigenvalue weighted by atomic mass is 16.1. The van der Waals surface area contributed by atoms with Crippen LogP contribution in [0, 0.1) is 11.3 Å². The number of aldehydes is 1. The molecule has 0 bridgehead atoms. The van der Waals surface area contributed by atoms with Crippen LogP contribution in [0.4, 0.5) is 0 Å². The number of hydrogen-bond acceptors (Lipinski definition) is 2. The average molecular weight is 213 g/mol. The molecule has 0 heterocycles. The van der Waals surface area contributed by atoms with Crippen LogP contribution in [0.1, 0.15) is 47.0 Å².